The molecule has 3 N–H and O–H groups in total. The van der Waals surface area contributed by atoms with Crippen LogP contribution in [0.15, 0.2) is 18.2 Å². The number of anilines is 1. The van der Waals surface area contributed by atoms with Gasteiger partial charge in [-0.15, -0.1) is 11.3 Å². The number of nitrogens with two attached hydrogens (primary N) is 1. The normalized spacial score (nSPS) is 12.6. The number of carbonyl (C=O) groups is 1. The van der Waals surface area contributed by atoms with Gasteiger partial charge in [0.2, 0.25) is 5.91 Å². The molecule has 0 radical (unpaired) electrons. The summed E-state index contributed by atoms with van der Waals surface area (Å²) in [5.74, 6) is 0.0428. The molecule has 5 heteroatoms. The molecule has 1 amide bonds. The second-order valence-corrected chi connectivity index (χ2v) is 6.07. The number of aryl methyl sites for hydroxylation is 1. The Balaban J connectivity index is 1.95. The van der Waals surface area contributed by atoms with E-state index in [0.29, 0.717) is 6.42 Å². The number of nitrogens with one attached hydrogen (secondary N) is 1. The van der Waals surface area contributed by atoms with E-state index in [-0.39, 0.29) is 11.9 Å². The molecule has 0 bridgehead atoms. The van der Waals surface area contributed by atoms with E-state index in [4.69, 9.17) is 5.73 Å². The van der Waals surface area contributed by atoms with Crippen LogP contribution in [0, 0.1) is 6.92 Å². The number of thiazole rings is 1. The average molecular weight is 277 g/mol. The predicted molar refractivity (Wildman–Crippen MR) is 80.5 cm³/mol. The molecule has 0 saturated heterocycles. The van der Waals surface area contributed by atoms with Crippen LogP contribution in [0.3, 0.4) is 0 Å². The topological polar surface area (TPSA) is 68.0 Å². The molecule has 0 aliphatic rings. The van der Waals surface area contributed by atoms with Gasteiger partial charge in [-0.3, -0.25) is 4.79 Å². The third-order valence-corrected chi connectivity index (χ3v) is 3.78. The Bertz CT molecular complexity index is 577. The van der Waals surface area contributed by atoms with Gasteiger partial charge in [0.1, 0.15) is 0 Å². The molecular weight excluding hydrogens is 258 g/mol. The highest BCUT2D eigenvalue weighted by Crippen LogP contribution is 2.24. The molecule has 1 aromatic carbocycles. The van der Waals surface area contributed by atoms with E-state index in [1.165, 1.54) is 0 Å². The Morgan fingerprint density at radius 2 is 2.32 bits per heavy atom. The van der Waals surface area contributed by atoms with E-state index < -0.39 is 0 Å². The van der Waals surface area contributed by atoms with Crippen LogP contribution in [0.5, 0.6) is 0 Å². The zero-order chi connectivity index (χ0) is 13.8. The standard InChI is InChI=1S/C14H19N3OS/c1-9(15)4-3-5-14(18)17-11-6-7-12-13(8-11)19-10(2)16-12/h6-9H,3-5,15H2,1-2H3,(H,17,18). The van der Waals surface area contributed by atoms with Gasteiger partial charge in [0, 0.05) is 18.2 Å². The minimum absolute atomic E-state index is 0.0428. The Labute approximate surface area is 117 Å². The molecule has 1 unspecified atom stereocenters. The van der Waals surface area contributed by atoms with Crippen LogP contribution >= 0.6 is 11.3 Å². The quantitative estimate of drug-likeness (QED) is 0.882. The summed E-state index contributed by atoms with van der Waals surface area (Å²) in [4.78, 5) is 16.2. The van der Waals surface area contributed by atoms with Crippen molar-refractivity contribution in [3.8, 4) is 0 Å². The SMILES string of the molecule is Cc1nc2ccc(NC(=O)CCCC(C)N)cc2s1. The summed E-state index contributed by atoms with van der Waals surface area (Å²) in [6, 6.07) is 5.97. The number of aromatic nitrogens is 1. The predicted octanol–water partition coefficient (Wildman–Crippen LogP) is 3.06. The van der Waals surface area contributed by atoms with Crippen molar-refractivity contribution in [3.05, 3.63) is 23.2 Å². The number of benzene rings is 1. The molecule has 0 saturated carbocycles. The monoisotopic (exact) mass is 277 g/mol. The van der Waals surface area contributed by atoms with Crippen LogP contribution < -0.4 is 11.1 Å². The lowest BCUT2D eigenvalue weighted by molar-refractivity contribution is -0.116. The van der Waals surface area contributed by atoms with Gasteiger partial charge in [-0.05, 0) is 44.9 Å². The van der Waals surface area contributed by atoms with Gasteiger partial charge in [-0.25, -0.2) is 4.98 Å². The fraction of sp³-hybridized carbons (Fsp3) is 0.429. The molecule has 0 aliphatic carbocycles. The number of hydrogen-bond acceptors (Lipinski definition) is 4. The molecule has 0 spiro atoms. The largest absolute Gasteiger partial charge is 0.328 e. The Morgan fingerprint density at radius 3 is 3.05 bits per heavy atom. The Morgan fingerprint density at radius 1 is 1.53 bits per heavy atom. The van der Waals surface area contributed by atoms with E-state index in [0.717, 1.165) is 33.8 Å². The van der Waals surface area contributed by atoms with Gasteiger partial charge in [-0.2, -0.15) is 0 Å². The zero-order valence-corrected chi connectivity index (χ0v) is 12.1. The van der Waals surface area contributed by atoms with Crippen LogP contribution in [0.2, 0.25) is 0 Å². The minimum atomic E-state index is 0.0428. The minimum Gasteiger partial charge on any atom is -0.328 e. The van der Waals surface area contributed by atoms with Crippen molar-refractivity contribution in [2.75, 3.05) is 5.32 Å². The zero-order valence-electron chi connectivity index (χ0n) is 11.3. The first-order valence-electron chi connectivity index (χ1n) is 6.47. The van der Waals surface area contributed by atoms with E-state index in [1.807, 2.05) is 32.0 Å². The number of hydrogen-bond donors (Lipinski definition) is 2. The highest BCUT2D eigenvalue weighted by molar-refractivity contribution is 7.18. The van der Waals surface area contributed by atoms with E-state index in [1.54, 1.807) is 11.3 Å². The summed E-state index contributed by atoms with van der Waals surface area (Å²) in [5, 5.41) is 3.95. The molecule has 4 nitrogen and oxygen atoms in total. The second-order valence-electron chi connectivity index (χ2n) is 4.83. The summed E-state index contributed by atoms with van der Waals surface area (Å²) in [6.07, 6.45) is 2.22. The van der Waals surface area contributed by atoms with Crippen molar-refractivity contribution in [3.63, 3.8) is 0 Å². The smallest absolute Gasteiger partial charge is 0.224 e. The van der Waals surface area contributed by atoms with Crippen molar-refractivity contribution in [2.45, 2.75) is 39.2 Å². The third-order valence-electron chi connectivity index (χ3n) is 2.84. The first-order valence-corrected chi connectivity index (χ1v) is 7.29. The maximum absolute atomic E-state index is 11.8. The summed E-state index contributed by atoms with van der Waals surface area (Å²) in [7, 11) is 0. The lowest BCUT2D eigenvalue weighted by Crippen LogP contribution is -2.16. The molecule has 1 aromatic heterocycles. The van der Waals surface area contributed by atoms with E-state index >= 15 is 0 Å². The number of amides is 1. The second kappa shape index (κ2) is 6.12. The molecule has 0 aliphatic heterocycles. The van der Waals surface area contributed by atoms with Crippen LogP contribution in [0.1, 0.15) is 31.2 Å². The van der Waals surface area contributed by atoms with Crippen molar-refractivity contribution in [1.82, 2.24) is 4.98 Å². The molecule has 1 atom stereocenters. The van der Waals surface area contributed by atoms with Gasteiger partial charge < -0.3 is 11.1 Å². The van der Waals surface area contributed by atoms with Crippen molar-refractivity contribution in [1.29, 1.82) is 0 Å². The number of nitrogens with zero attached hydrogens (tertiary/aromatic N) is 1. The van der Waals surface area contributed by atoms with Crippen molar-refractivity contribution < 1.29 is 4.79 Å². The lowest BCUT2D eigenvalue weighted by Gasteiger charge is -2.06. The fourth-order valence-electron chi connectivity index (χ4n) is 1.93. The summed E-state index contributed by atoms with van der Waals surface area (Å²) in [5.41, 5.74) is 7.48. The summed E-state index contributed by atoms with van der Waals surface area (Å²) < 4.78 is 1.10. The van der Waals surface area contributed by atoms with Crippen LogP contribution in [0.4, 0.5) is 5.69 Å². The summed E-state index contributed by atoms with van der Waals surface area (Å²) in [6.45, 7) is 3.94. The van der Waals surface area contributed by atoms with Crippen LogP contribution in [-0.2, 0) is 4.79 Å². The van der Waals surface area contributed by atoms with Gasteiger partial charge in [0.15, 0.2) is 0 Å². The maximum atomic E-state index is 11.8. The van der Waals surface area contributed by atoms with Crippen molar-refractivity contribution in [2.24, 2.45) is 5.73 Å². The average Bonchev–Trinajstić information content (AvgIpc) is 2.67. The molecule has 19 heavy (non-hydrogen) atoms. The number of fused-ring (bicyclic) bond motifs is 1. The third kappa shape index (κ3) is 4.01. The highest BCUT2D eigenvalue weighted by atomic mass is 32.1. The summed E-state index contributed by atoms with van der Waals surface area (Å²) >= 11 is 1.64. The lowest BCUT2D eigenvalue weighted by atomic mass is 10.1. The van der Waals surface area contributed by atoms with Gasteiger partial charge in [0.05, 0.1) is 15.2 Å². The Hall–Kier alpha value is -1.46. The molecule has 2 aromatic rings. The number of rotatable bonds is 5. The Kier molecular flexibility index (Phi) is 4.50. The van der Waals surface area contributed by atoms with E-state index in [2.05, 4.69) is 10.3 Å². The number of carbonyl (C=O) groups excluding carboxylic acids is 1. The van der Waals surface area contributed by atoms with Crippen molar-refractivity contribution >= 4 is 33.1 Å². The van der Waals surface area contributed by atoms with Gasteiger partial charge in [0.25, 0.3) is 0 Å². The van der Waals surface area contributed by atoms with Gasteiger partial charge in [-0.1, -0.05) is 0 Å². The molecule has 102 valence electrons. The van der Waals surface area contributed by atoms with Crippen LogP contribution in [-0.4, -0.2) is 16.9 Å². The first kappa shape index (κ1) is 14.0. The first-order chi connectivity index (χ1) is 9.04. The van der Waals surface area contributed by atoms with Gasteiger partial charge >= 0.3 is 0 Å². The highest BCUT2D eigenvalue weighted by Gasteiger charge is 2.06. The van der Waals surface area contributed by atoms with Crippen LogP contribution in [0.25, 0.3) is 10.2 Å². The fourth-order valence-corrected chi connectivity index (χ4v) is 2.79. The maximum Gasteiger partial charge on any atom is 0.224 e. The van der Waals surface area contributed by atoms with E-state index in [9.17, 15) is 4.79 Å². The molecular formula is C14H19N3OS. The molecule has 1 heterocycles. The molecule has 2 rings (SSSR count). The molecule has 0 fully saturated rings.